The third kappa shape index (κ3) is 4.50. The van der Waals surface area contributed by atoms with Gasteiger partial charge in [0.1, 0.15) is 24.1 Å². The number of hydrogen-bond donors (Lipinski definition) is 5. The normalized spacial score (nSPS) is 27.3. The van der Waals surface area contributed by atoms with E-state index >= 15 is 0 Å². The molecule has 6 N–H and O–H groups in total. The van der Waals surface area contributed by atoms with Gasteiger partial charge in [-0.15, -0.1) is 0 Å². The van der Waals surface area contributed by atoms with Crippen LogP contribution in [0.25, 0.3) is 0 Å². The third-order valence-electron chi connectivity index (χ3n) is 2.95. The van der Waals surface area contributed by atoms with E-state index in [9.17, 15) is 15.3 Å². The summed E-state index contributed by atoms with van der Waals surface area (Å²) >= 11 is 0. The molecule has 1 fully saturated rings. The largest absolute Gasteiger partial charge is 0.460 e. The number of benzene rings is 1. The minimum Gasteiger partial charge on any atom is -0.460 e. The molecule has 4 atom stereocenters. The van der Waals surface area contributed by atoms with Gasteiger partial charge in [0.05, 0.1) is 18.9 Å². The Morgan fingerprint density at radius 2 is 1.91 bits per heavy atom. The highest BCUT2D eigenvalue weighted by molar-refractivity contribution is 5.54. The fraction of sp³-hybridized carbons (Fsp3) is 0.462. The first kappa shape index (κ1) is 18.1. The van der Waals surface area contributed by atoms with E-state index in [0.29, 0.717) is 5.56 Å². The highest BCUT2D eigenvalue weighted by Gasteiger charge is 2.39. The molecule has 2 rings (SSSR count). The van der Waals surface area contributed by atoms with Gasteiger partial charge < -0.3 is 35.6 Å². The number of nitrogens with two attached hydrogens (primary N) is 1. The van der Waals surface area contributed by atoms with Crippen LogP contribution in [0.1, 0.15) is 5.56 Å². The zero-order valence-corrected chi connectivity index (χ0v) is 11.5. The van der Waals surface area contributed by atoms with Gasteiger partial charge in [-0.2, -0.15) is 9.59 Å². The number of rotatable bonds is 3. The monoisotopic (exact) mass is 315 g/mol. The lowest BCUT2D eigenvalue weighted by Crippen LogP contribution is -2.54. The van der Waals surface area contributed by atoms with Gasteiger partial charge in [-0.05, 0) is 17.7 Å². The third-order valence-corrected chi connectivity index (χ3v) is 2.95. The molecule has 0 spiro atoms. The maximum absolute atomic E-state index is 9.72. The van der Waals surface area contributed by atoms with E-state index in [1.807, 2.05) is 0 Å². The topological polar surface area (TPSA) is 160 Å². The highest BCUT2D eigenvalue weighted by atomic mass is 16.7. The molecule has 0 saturated carbocycles. The number of hydrogen-bond acceptors (Lipinski definition) is 9. The molecular weight excluding hydrogens is 298 g/mol. The van der Waals surface area contributed by atoms with Gasteiger partial charge in [-0.3, -0.25) is 0 Å². The Kier molecular flexibility index (Phi) is 6.93. The minimum atomic E-state index is -1.37. The fourth-order valence-corrected chi connectivity index (χ4v) is 1.81. The molecule has 1 aliphatic heterocycles. The molecule has 22 heavy (non-hydrogen) atoms. The summed E-state index contributed by atoms with van der Waals surface area (Å²) in [5, 5.41) is 37.5. The summed E-state index contributed by atoms with van der Waals surface area (Å²) in [6.45, 7) is -0.282. The Morgan fingerprint density at radius 1 is 1.27 bits per heavy atom. The first-order chi connectivity index (χ1) is 10.4. The Morgan fingerprint density at radius 3 is 2.45 bits per heavy atom. The average molecular weight is 315 g/mol. The SMILES string of the molecule is Nc1cc(CO)ccc1OC1OC[C@@H](O)[C@H](O)[C@H]1O.O=C=O. The molecule has 1 aromatic carbocycles. The molecular formula is C13H17NO8. The molecule has 0 amide bonds. The molecule has 9 nitrogen and oxygen atoms in total. The van der Waals surface area contributed by atoms with Gasteiger partial charge in [0, 0.05) is 0 Å². The van der Waals surface area contributed by atoms with Crippen molar-refractivity contribution < 1.29 is 39.5 Å². The maximum atomic E-state index is 9.72. The molecule has 0 radical (unpaired) electrons. The first-order valence-electron chi connectivity index (χ1n) is 6.25. The second kappa shape index (κ2) is 8.44. The van der Waals surface area contributed by atoms with Gasteiger partial charge in [0.2, 0.25) is 6.29 Å². The zero-order valence-electron chi connectivity index (χ0n) is 11.5. The van der Waals surface area contributed by atoms with Gasteiger partial charge in [0.25, 0.3) is 0 Å². The van der Waals surface area contributed by atoms with Crippen molar-refractivity contribution >= 4 is 11.8 Å². The van der Waals surface area contributed by atoms with Crippen molar-refractivity contribution in [2.45, 2.75) is 31.2 Å². The van der Waals surface area contributed by atoms with Crippen LogP contribution in [0.5, 0.6) is 5.75 Å². The molecule has 1 aromatic rings. The summed E-state index contributed by atoms with van der Waals surface area (Å²) in [4.78, 5) is 16.2. The van der Waals surface area contributed by atoms with E-state index in [1.54, 1.807) is 6.07 Å². The predicted octanol–water partition coefficient (Wildman–Crippen LogP) is -2.00. The lowest BCUT2D eigenvalue weighted by Gasteiger charge is -2.35. The Balaban J connectivity index is 0.000000745. The van der Waals surface area contributed by atoms with Crippen LogP contribution in [0.2, 0.25) is 0 Å². The number of nitrogen functional groups attached to an aromatic ring is 1. The molecule has 1 aliphatic rings. The number of carbonyl (C=O) groups excluding carboxylic acids is 2. The summed E-state index contributed by atoms with van der Waals surface area (Å²) < 4.78 is 10.5. The van der Waals surface area contributed by atoms with Gasteiger partial charge in [0.15, 0.2) is 0 Å². The van der Waals surface area contributed by atoms with E-state index < -0.39 is 24.6 Å². The van der Waals surface area contributed by atoms with Crippen molar-refractivity contribution in [3.05, 3.63) is 23.8 Å². The van der Waals surface area contributed by atoms with E-state index in [0.717, 1.165) is 0 Å². The van der Waals surface area contributed by atoms with Crippen LogP contribution >= 0.6 is 0 Å². The second-order valence-corrected chi connectivity index (χ2v) is 4.48. The molecule has 9 heteroatoms. The van der Waals surface area contributed by atoms with Crippen LogP contribution in [0.3, 0.4) is 0 Å². The molecule has 1 saturated heterocycles. The van der Waals surface area contributed by atoms with Crippen molar-refractivity contribution in [1.29, 1.82) is 0 Å². The maximum Gasteiger partial charge on any atom is 0.373 e. The van der Waals surface area contributed by atoms with Crippen molar-refractivity contribution in [3.63, 3.8) is 0 Å². The number of aliphatic hydroxyl groups excluding tert-OH is 4. The molecule has 0 aromatic heterocycles. The van der Waals surface area contributed by atoms with Crippen LogP contribution in [0, 0.1) is 0 Å². The fourth-order valence-electron chi connectivity index (χ4n) is 1.81. The summed E-state index contributed by atoms with van der Waals surface area (Å²) in [7, 11) is 0. The number of ether oxygens (including phenoxy) is 2. The van der Waals surface area contributed by atoms with Crippen LogP contribution in [-0.4, -0.2) is 57.8 Å². The van der Waals surface area contributed by atoms with Crippen molar-refractivity contribution in [2.24, 2.45) is 0 Å². The minimum absolute atomic E-state index is 0.141. The lowest BCUT2D eigenvalue weighted by molar-refractivity contribution is -0.241. The highest BCUT2D eigenvalue weighted by Crippen LogP contribution is 2.26. The van der Waals surface area contributed by atoms with E-state index in [-0.39, 0.29) is 30.8 Å². The van der Waals surface area contributed by atoms with Crippen molar-refractivity contribution in [1.82, 2.24) is 0 Å². The van der Waals surface area contributed by atoms with Crippen LogP contribution in [-0.2, 0) is 20.9 Å². The zero-order chi connectivity index (χ0) is 16.7. The number of aliphatic hydroxyl groups is 4. The molecule has 0 aliphatic carbocycles. The Labute approximate surface area is 125 Å². The summed E-state index contributed by atoms with van der Waals surface area (Å²) in [6, 6.07) is 4.69. The summed E-state index contributed by atoms with van der Waals surface area (Å²) in [6.07, 6.45) is -4.72. The molecule has 1 unspecified atom stereocenters. The predicted molar refractivity (Wildman–Crippen MR) is 70.2 cm³/mol. The molecule has 0 bridgehead atoms. The standard InChI is InChI=1S/C12H17NO6.CO2/c13-7-3-6(4-14)1-2-9(7)19-12-11(17)10(16)8(15)5-18-12;2-1-3/h1-3,8,10-12,14-17H,4-5,13H2;/t8-,10+,11-,12?;/m1./s1. The average Bonchev–Trinajstić information content (AvgIpc) is 2.50. The lowest BCUT2D eigenvalue weighted by atomic mass is 10.1. The summed E-state index contributed by atoms with van der Waals surface area (Å²) in [5.74, 6) is 0.268. The number of anilines is 1. The van der Waals surface area contributed by atoms with Crippen LogP contribution in [0.15, 0.2) is 18.2 Å². The van der Waals surface area contributed by atoms with Gasteiger partial charge in [-0.1, -0.05) is 6.07 Å². The first-order valence-corrected chi connectivity index (χ1v) is 6.25. The molecule has 1 heterocycles. The van der Waals surface area contributed by atoms with Gasteiger partial charge >= 0.3 is 6.15 Å². The van der Waals surface area contributed by atoms with E-state index in [2.05, 4.69) is 0 Å². The second-order valence-electron chi connectivity index (χ2n) is 4.48. The Bertz CT molecular complexity index is 517. The van der Waals surface area contributed by atoms with E-state index in [4.69, 9.17) is 29.9 Å². The smallest absolute Gasteiger partial charge is 0.373 e. The van der Waals surface area contributed by atoms with Crippen molar-refractivity contribution in [3.8, 4) is 5.75 Å². The van der Waals surface area contributed by atoms with Gasteiger partial charge in [-0.25, -0.2) is 0 Å². The van der Waals surface area contributed by atoms with Crippen LogP contribution < -0.4 is 10.5 Å². The Hall–Kier alpha value is -2.00. The quantitative estimate of drug-likeness (QED) is 0.397. The van der Waals surface area contributed by atoms with E-state index in [1.165, 1.54) is 12.1 Å². The van der Waals surface area contributed by atoms with Crippen LogP contribution in [0.4, 0.5) is 5.69 Å². The molecule has 122 valence electrons. The van der Waals surface area contributed by atoms with Crippen molar-refractivity contribution in [2.75, 3.05) is 12.3 Å². The summed E-state index contributed by atoms with van der Waals surface area (Å²) in [5.41, 5.74) is 6.65.